The average molecular weight is 313 g/mol. The van der Waals surface area contributed by atoms with E-state index in [9.17, 15) is 8.42 Å². The molecule has 0 spiro atoms. The molecule has 1 fully saturated rings. The molecule has 1 saturated carbocycles. The molecule has 0 saturated heterocycles. The standard InChI is InChI=1S/C15H27N3O2S/c1-11(2)16-9-14-7-15(10-17-14)21(19,20)18-8-13-6-4-5-12(13)3/h7,10-13,16-18H,4-6,8-9H2,1-3H3. The third kappa shape index (κ3) is 4.56. The van der Waals surface area contributed by atoms with Gasteiger partial charge in [0.15, 0.2) is 0 Å². The Morgan fingerprint density at radius 2 is 2.14 bits per heavy atom. The lowest BCUT2D eigenvalue weighted by molar-refractivity contribution is 0.414. The smallest absolute Gasteiger partial charge is 0.242 e. The second-order valence-corrected chi connectivity index (χ2v) is 8.18. The van der Waals surface area contributed by atoms with E-state index in [1.807, 2.05) is 0 Å². The SMILES string of the molecule is CC(C)NCc1cc(S(=O)(=O)NCC2CCCC2C)c[nH]1. The lowest BCUT2D eigenvalue weighted by Gasteiger charge is -2.15. The Bertz CT molecular complexity index is 551. The van der Waals surface area contributed by atoms with Gasteiger partial charge in [0.1, 0.15) is 0 Å². The first kappa shape index (κ1) is 16.5. The molecule has 3 N–H and O–H groups in total. The van der Waals surface area contributed by atoms with Crippen molar-refractivity contribution in [1.82, 2.24) is 15.0 Å². The summed E-state index contributed by atoms with van der Waals surface area (Å²) in [4.78, 5) is 3.35. The van der Waals surface area contributed by atoms with Crippen LogP contribution in [0, 0.1) is 11.8 Å². The molecule has 21 heavy (non-hydrogen) atoms. The quantitative estimate of drug-likeness (QED) is 0.722. The van der Waals surface area contributed by atoms with Gasteiger partial charge in [-0.2, -0.15) is 0 Å². The maximum atomic E-state index is 12.3. The van der Waals surface area contributed by atoms with E-state index in [-0.39, 0.29) is 0 Å². The summed E-state index contributed by atoms with van der Waals surface area (Å²) in [5, 5.41) is 3.26. The molecule has 1 aromatic rings. The molecule has 2 unspecified atom stereocenters. The minimum absolute atomic E-state index is 0.328. The number of aromatic amines is 1. The van der Waals surface area contributed by atoms with Crippen molar-refractivity contribution >= 4 is 10.0 Å². The second kappa shape index (κ2) is 6.94. The minimum atomic E-state index is -3.40. The minimum Gasteiger partial charge on any atom is -0.363 e. The number of hydrogen-bond donors (Lipinski definition) is 3. The predicted molar refractivity (Wildman–Crippen MR) is 84.5 cm³/mol. The highest BCUT2D eigenvalue weighted by molar-refractivity contribution is 7.89. The van der Waals surface area contributed by atoms with Crippen molar-refractivity contribution < 1.29 is 8.42 Å². The molecule has 0 radical (unpaired) electrons. The van der Waals surface area contributed by atoms with Gasteiger partial charge in [0, 0.05) is 31.0 Å². The largest absolute Gasteiger partial charge is 0.363 e. The summed E-state index contributed by atoms with van der Waals surface area (Å²) in [6, 6.07) is 2.07. The number of rotatable bonds is 7. The van der Waals surface area contributed by atoms with Crippen LogP contribution in [0.5, 0.6) is 0 Å². The van der Waals surface area contributed by atoms with Crippen LogP contribution in [-0.4, -0.2) is 26.0 Å². The zero-order chi connectivity index (χ0) is 15.5. The summed E-state index contributed by atoms with van der Waals surface area (Å²) < 4.78 is 27.3. The Morgan fingerprint density at radius 1 is 1.38 bits per heavy atom. The Hall–Kier alpha value is -0.850. The van der Waals surface area contributed by atoms with Gasteiger partial charge < -0.3 is 10.3 Å². The van der Waals surface area contributed by atoms with Crippen molar-refractivity contribution in [2.75, 3.05) is 6.54 Å². The number of H-pyrrole nitrogens is 1. The zero-order valence-corrected chi connectivity index (χ0v) is 14.0. The van der Waals surface area contributed by atoms with E-state index in [1.54, 1.807) is 12.3 Å². The van der Waals surface area contributed by atoms with Crippen LogP contribution in [0.25, 0.3) is 0 Å². The van der Waals surface area contributed by atoms with Crippen molar-refractivity contribution in [2.45, 2.75) is 57.5 Å². The van der Waals surface area contributed by atoms with Gasteiger partial charge in [0.25, 0.3) is 0 Å². The Morgan fingerprint density at radius 3 is 2.76 bits per heavy atom. The van der Waals surface area contributed by atoms with Gasteiger partial charge in [-0.1, -0.05) is 33.6 Å². The normalized spacial score (nSPS) is 23.0. The average Bonchev–Trinajstić information content (AvgIpc) is 3.03. The summed E-state index contributed by atoms with van der Waals surface area (Å²) >= 11 is 0. The van der Waals surface area contributed by atoms with Crippen LogP contribution >= 0.6 is 0 Å². The van der Waals surface area contributed by atoms with Gasteiger partial charge in [0.05, 0.1) is 4.90 Å². The van der Waals surface area contributed by atoms with Gasteiger partial charge in [0.2, 0.25) is 10.0 Å². The number of hydrogen-bond acceptors (Lipinski definition) is 3. The first-order valence-corrected chi connectivity index (χ1v) is 9.27. The molecule has 120 valence electrons. The molecule has 2 atom stereocenters. The molecule has 0 amide bonds. The molecule has 2 rings (SSSR count). The molecule has 6 heteroatoms. The zero-order valence-electron chi connectivity index (χ0n) is 13.1. The number of nitrogens with one attached hydrogen (secondary N) is 3. The number of aromatic nitrogens is 1. The van der Waals surface area contributed by atoms with Crippen molar-refractivity contribution in [1.29, 1.82) is 0 Å². The molecule has 1 aliphatic carbocycles. The van der Waals surface area contributed by atoms with Crippen molar-refractivity contribution in [3.8, 4) is 0 Å². The maximum Gasteiger partial charge on any atom is 0.242 e. The highest BCUT2D eigenvalue weighted by Crippen LogP contribution is 2.30. The fourth-order valence-electron chi connectivity index (χ4n) is 2.82. The van der Waals surface area contributed by atoms with Crippen LogP contribution in [-0.2, 0) is 16.6 Å². The van der Waals surface area contributed by atoms with Crippen LogP contribution in [0.15, 0.2) is 17.2 Å². The van der Waals surface area contributed by atoms with Gasteiger partial charge in [-0.25, -0.2) is 13.1 Å². The van der Waals surface area contributed by atoms with E-state index in [1.165, 1.54) is 12.8 Å². The monoisotopic (exact) mass is 313 g/mol. The van der Waals surface area contributed by atoms with Crippen LogP contribution in [0.4, 0.5) is 0 Å². The lowest BCUT2D eigenvalue weighted by atomic mass is 9.99. The Balaban J connectivity index is 1.92. The summed E-state index contributed by atoms with van der Waals surface area (Å²) in [5.41, 5.74) is 0.887. The van der Waals surface area contributed by atoms with E-state index in [2.05, 4.69) is 35.8 Å². The molecule has 1 aromatic heterocycles. The molecule has 1 heterocycles. The molecule has 0 aromatic carbocycles. The molecular formula is C15H27N3O2S. The van der Waals surface area contributed by atoms with Gasteiger partial charge in [-0.3, -0.25) is 0 Å². The second-order valence-electron chi connectivity index (χ2n) is 6.42. The predicted octanol–water partition coefficient (Wildman–Crippen LogP) is 2.23. The highest BCUT2D eigenvalue weighted by Gasteiger charge is 2.25. The molecule has 5 nitrogen and oxygen atoms in total. The Kier molecular flexibility index (Phi) is 5.46. The third-order valence-corrected chi connectivity index (χ3v) is 5.71. The van der Waals surface area contributed by atoms with Gasteiger partial charge in [-0.05, 0) is 24.3 Å². The first-order chi connectivity index (χ1) is 9.88. The number of sulfonamides is 1. The fraction of sp³-hybridized carbons (Fsp3) is 0.733. The maximum absolute atomic E-state index is 12.3. The summed E-state index contributed by atoms with van der Waals surface area (Å²) in [7, 11) is -3.40. The summed E-state index contributed by atoms with van der Waals surface area (Å²) in [6.45, 7) is 7.52. The van der Waals surface area contributed by atoms with E-state index >= 15 is 0 Å². The van der Waals surface area contributed by atoms with E-state index < -0.39 is 10.0 Å². The van der Waals surface area contributed by atoms with E-state index in [4.69, 9.17) is 0 Å². The van der Waals surface area contributed by atoms with E-state index in [0.717, 1.165) is 12.1 Å². The molecule has 0 bridgehead atoms. The summed E-state index contributed by atoms with van der Waals surface area (Å²) in [6.07, 6.45) is 5.11. The molecule has 0 aliphatic heterocycles. The van der Waals surface area contributed by atoms with Crippen molar-refractivity contribution in [3.63, 3.8) is 0 Å². The first-order valence-electron chi connectivity index (χ1n) is 7.79. The highest BCUT2D eigenvalue weighted by atomic mass is 32.2. The van der Waals surface area contributed by atoms with Crippen LogP contribution in [0.3, 0.4) is 0 Å². The van der Waals surface area contributed by atoms with Crippen LogP contribution in [0.2, 0.25) is 0 Å². The van der Waals surface area contributed by atoms with Gasteiger partial charge >= 0.3 is 0 Å². The van der Waals surface area contributed by atoms with Crippen LogP contribution in [0.1, 0.15) is 45.7 Å². The summed E-state index contributed by atoms with van der Waals surface area (Å²) in [5.74, 6) is 1.09. The third-order valence-electron chi connectivity index (χ3n) is 4.30. The molecule has 1 aliphatic rings. The molecular weight excluding hydrogens is 286 g/mol. The van der Waals surface area contributed by atoms with E-state index in [0.29, 0.717) is 35.9 Å². The van der Waals surface area contributed by atoms with Crippen LogP contribution < -0.4 is 10.0 Å². The topological polar surface area (TPSA) is 74.0 Å². The lowest BCUT2D eigenvalue weighted by Crippen LogP contribution is -2.30. The fourth-order valence-corrected chi connectivity index (χ4v) is 3.93. The van der Waals surface area contributed by atoms with Crippen molar-refractivity contribution in [2.24, 2.45) is 11.8 Å². The van der Waals surface area contributed by atoms with Gasteiger partial charge in [-0.15, -0.1) is 0 Å². The Labute approximate surface area is 128 Å². The van der Waals surface area contributed by atoms with Crippen molar-refractivity contribution in [3.05, 3.63) is 18.0 Å².